The lowest BCUT2D eigenvalue weighted by molar-refractivity contribution is -0.137. The predicted octanol–water partition coefficient (Wildman–Crippen LogP) is 0.839. The Labute approximate surface area is 65.0 Å². The molecule has 3 heteroatoms. The fourth-order valence-corrected chi connectivity index (χ4v) is 1.07. The average Bonchev–Trinajstić information content (AvgIpc) is 2.03. The minimum atomic E-state index is -0.377. The average molecular weight is 154 g/mol. The van der Waals surface area contributed by atoms with Crippen molar-refractivity contribution >= 4 is 11.8 Å². The van der Waals surface area contributed by atoms with Gasteiger partial charge in [0.1, 0.15) is 5.78 Å². The number of Topliss-reactive ketones (excluding diaryl/α,β-unsaturated/α-hetero) is 1. The van der Waals surface area contributed by atoms with Crippen molar-refractivity contribution in [3.8, 4) is 0 Å². The molecule has 0 saturated heterocycles. The summed E-state index contributed by atoms with van der Waals surface area (Å²) in [5.74, 6) is -0.258. The molecule has 0 bridgehead atoms. The van der Waals surface area contributed by atoms with Gasteiger partial charge in [-0.3, -0.25) is 4.79 Å². The van der Waals surface area contributed by atoms with Crippen LogP contribution in [0.2, 0.25) is 0 Å². The Balaban J connectivity index is 2.65. The van der Waals surface area contributed by atoms with Crippen molar-refractivity contribution in [1.82, 2.24) is 0 Å². The summed E-state index contributed by atoms with van der Waals surface area (Å²) in [6.07, 6.45) is 3.24. The van der Waals surface area contributed by atoms with Crippen molar-refractivity contribution in [3.63, 3.8) is 0 Å². The lowest BCUT2D eigenvalue weighted by Gasteiger charge is -2.08. The first-order valence-electron chi connectivity index (χ1n) is 3.53. The first-order chi connectivity index (χ1) is 5.24. The number of hydrogen-bond donors (Lipinski definition) is 0. The molecule has 0 aromatic carbocycles. The van der Waals surface area contributed by atoms with Crippen LogP contribution in [-0.2, 0) is 14.3 Å². The van der Waals surface area contributed by atoms with Crippen molar-refractivity contribution in [2.45, 2.75) is 19.3 Å². The van der Waals surface area contributed by atoms with Crippen molar-refractivity contribution in [2.75, 3.05) is 7.11 Å². The van der Waals surface area contributed by atoms with Gasteiger partial charge in [-0.05, 0) is 6.42 Å². The molecule has 11 heavy (non-hydrogen) atoms. The molecule has 0 aromatic heterocycles. The molecule has 0 fully saturated rings. The lowest BCUT2D eigenvalue weighted by Crippen LogP contribution is -2.13. The standard InChI is InChI=1S/C8H10O3/c1-11-8(10)6-3-2-4-7(9)5-6/h3H,2,4-5H2,1H3. The third-order valence-electron chi connectivity index (χ3n) is 1.65. The lowest BCUT2D eigenvalue weighted by atomic mass is 9.99. The molecule has 1 aliphatic rings. The highest BCUT2D eigenvalue weighted by Crippen LogP contribution is 2.15. The quantitative estimate of drug-likeness (QED) is 0.525. The topological polar surface area (TPSA) is 43.4 Å². The maximum absolute atomic E-state index is 10.9. The highest BCUT2D eigenvalue weighted by molar-refractivity contribution is 5.97. The molecule has 1 rings (SSSR count). The van der Waals surface area contributed by atoms with Gasteiger partial charge < -0.3 is 4.74 Å². The van der Waals surface area contributed by atoms with Crippen LogP contribution >= 0.6 is 0 Å². The van der Waals surface area contributed by atoms with Crippen LogP contribution in [0.1, 0.15) is 19.3 Å². The molecule has 1 aliphatic carbocycles. The van der Waals surface area contributed by atoms with E-state index >= 15 is 0 Å². The summed E-state index contributed by atoms with van der Waals surface area (Å²) in [5.41, 5.74) is 0.503. The molecule has 3 nitrogen and oxygen atoms in total. The zero-order valence-corrected chi connectivity index (χ0v) is 6.42. The summed E-state index contributed by atoms with van der Waals surface area (Å²) < 4.78 is 4.48. The van der Waals surface area contributed by atoms with Gasteiger partial charge in [-0.1, -0.05) is 6.08 Å². The van der Waals surface area contributed by atoms with Crippen LogP contribution in [0, 0.1) is 0 Å². The molecule has 0 saturated carbocycles. The zero-order chi connectivity index (χ0) is 8.27. The monoisotopic (exact) mass is 154 g/mol. The Hall–Kier alpha value is -1.12. The van der Waals surface area contributed by atoms with Gasteiger partial charge in [0, 0.05) is 18.4 Å². The van der Waals surface area contributed by atoms with E-state index in [0.29, 0.717) is 18.4 Å². The van der Waals surface area contributed by atoms with Gasteiger partial charge >= 0.3 is 5.97 Å². The molecule has 0 N–H and O–H groups in total. The third kappa shape index (κ3) is 1.90. The van der Waals surface area contributed by atoms with Crippen LogP contribution in [0.4, 0.5) is 0 Å². The van der Waals surface area contributed by atoms with Crippen LogP contribution in [-0.4, -0.2) is 18.9 Å². The molecule has 0 unspecified atom stereocenters. The van der Waals surface area contributed by atoms with E-state index in [9.17, 15) is 9.59 Å². The van der Waals surface area contributed by atoms with E-state index in [2.05, 4.69) is 4.74 Å². The minimum absolute atomic E-state index is 0.118. The summed E-state index contributed by atoms with van der Waals surface area (Å²) in [6.45, 7) is 0. The first kappa shape index (κ1) is 7.98. The van der Waals surface area contributed by atoms with E-state index in [1.807, 2.05) is 0 Å². The van der Waals surface area contributed by atoms with E-state index in [-0.39, 0.29) is 18.2 Å². The largest absolute Gasteiger partial charge is 0.466 e. The number of ether oxygens (including phenoxy) is 1. The maximum Gasteiger partial charge on any atom is 0.333 e. The molecule has 0 aromatic rings. The molecular formula is C8H10O3. The van der Waals surface area contributed by atoms with Gasteiger partial charge in [-0.2, -0.15) is 0 Å². The van der Waals surface area contributed by atoms with Crippen molar-refractivity contribution in [1.29, 1.82) is 0 Å². The van der Waals surface area contributed by atoms with Crippen molar-refractivity contribution in [2.24, 2.45) is 0 Å². The number of ketones is 1. The summed E-state index contributed by atoms with van der Waals surface area (Å²) >= 11 is 0. The van der Waals surface area contributed by atoms with Crippen LogP contribution in [0.3, 0.4) is 0 Å². The Kier molecular flexibility index (Phi) is 2.41. The van der Waals surface area contributed by atoms with Gasteiger partial charge in [0.25, 0.3) is 0 Å². The van der Waals surface area contributed by atoms with Gasteiger partial charge in [-0.15, -0.1) is 0 Å². The SMILES string of the molecule is COC(=O)C1=CCCC(=O)C1. The molecule has 0 spiro atoms. The molecular weight excluding hydrogens is 144 g/mol. The van der Waals surface area contributed by atoms with E-state index in [1.54, 1.807) is 6.08 Å². The van der Waals surface area contributed by atoms with E-state index in [0.717, 1.165) is 0 Å². The van der Waals surface area contributed by atoms with Gasteiger partial charge in [-0.25, -0.2) is 4.79 Å². The van der Waals surface area contributed by atoms with E-state index in [1.165, 1.54) is 7.11 Å². The Morgan fingerprint density at radius 2 is 2.36 bits per heavy atom. The summed E-state index contributed by atoms with van der Waals surface area (Å²) in [4.78, 5) is 21.7. The molecule has 0 radical (unpaired) electrons. The fourth-order valence-electron chi connectivity index (χ4n) is 1.07. The van der Waals surface area contributed by atoms with E-state index in [4.69, 9.17) is 0 Å². The maximum atomic E-state index is 10.9. The highest BCUT2D eigenvalue weighted by atomic mass is 16.5. The number of carbonyl (C=O) groups is 2. The minimum Gasteiger partial charge on any atom is -0.466 e. The number of methoxy groups -OCH3 is 1. The van der Waals surface area contributed by atoms with Gasteiger partial charge in [0.05, 0.1) is 7.11 Å². The highest BCUT2D eigenvalue weighted by Gasteiger charge is 2.17. The Morgan fingerprint density at radius 1 is 1.64 bits per heavy atom. The van der Waals surface area contributed by atoms with Gasteiger partial charge in [0.15, 0.2) is 0 Å². The molecule has 0 heterocycles. The first-order valence-corrected chi connectivity index (χ1v) is 3.53. The number of allylic oxidation sites excluding steroid dienone is 1. The Morgan fingerprint density at radius 3 is 2.91 bits per heavy atom. The van der Waals surface area contributed by atoms with E-state index < -0.39 is 0 Å². The zero-order valence-electron chi connectivity index (χ0n) is 6.42. The van der Waals surface area contributed by atoms with Crippen LogP contribution in [0.5, 0.6) is 0 Å². The molecule has 0 atom stereocenters. The summed E-state index contributed by atoms with van der Waals surface area (Å²) in [6, 6.07) is 0. The normalized spacial score (nSPS) is 17.5. The van der Waals surface area contributed by atoms with Crippen molar-refractivity contribution in [3.05, 3.63) is 11.6 Å². The van der Waals surface area contributed by atoms with Crippen LogP contribution in [0.15, 0.2) is 11.6 Å². The second kappa shape index (κ2) is 3.32. The Bertz CT molecular complexity index is 215. The number of esters is 1. The fraction of sp³-hybridized carbons (Fsp3) is 0.500. The molecule has 60 valence electrons. The smallest absolute Gasteiger partial charge is 0.333 e. The predicted molar refractivity (Wildman–Crippen MR) is 39.0 cm³/mol. The summed E-state index contributed by atoms with van der Waals surface area (Å²) in [7, 11) is 1.32. The second-order valence-corrected chi connectivity index (χ2v) is 2.48. The molecule has 0 amide bonds. The number of rotatable bonds is 1. The number of hydrogen-bond acceptors (Lipinski definition) is 3. The third-order valence-corrected chi connectivity index (χ3v) is 1.65. The number of carbonyl (C=O) groups excluding carboxylic acids is 2. The summed E-state index contributed by atoms with van der Waals surface area (Å²) in [5, 5.41) is 0. The van der Waals surface area contributed by atoms with Crippen molar-refractivity contribution < 1.29 is 14.3 Å². The second-order valence-electron chi connectivity index (χ2n) is 2.48. The molecule has 0 aliphatic heterocycles. The van der Waals surface area contributed by atoms with Crippen LogP contribution in [0.25, 0.3) is 0 Å². The van der Waals surface area contributed by atoms with Crippen LogP contribution < -0.4 is 0 Å². The van der Waals surface area contributed by atoms with Gasteiger partial charge in [0.2, 0.25) is 0 Å².